The highest BCUT2D eigenvalue weighted by atomic mass is 79.9. The van der Waals surface area contributed by atoms with E-state index in [1.165, 1.54) is 25.5 Å². The van der Waals surface area contributed by atoms with Gasteiger partial charge in [-0.05, 0) is 45.8 Å². The molecule has 1 saturated heterocycles. The average Bonchev–Trinajstić information content (AvgIpc) is 2.74. The second-order valence-electron chi connectivity index (χ2n) is 6.62. The number of amides is 1. The van der Waals surface area contributed by atoms with E-state index in [4.69, 9.17) is 14.2 Å². The van der Waals surface area contributed by atoms with Crippen LogP contribution in [0.15, 0.2) is 46.0 Å². The van der Waals surface area contributed by atoms with Crippen LogP contribution < -0.4 is 14.9 Å². The van der Waals surface area contributed by atoms with Crippen LogP contribution in [0, 0.1) is 5.82 Å². The SMILES string of the molecule is COc1cc(/C=N/NC(=O)CN2CCOCC2)c(Br)cc1OCc1cccc(F)c1. The number of hydrogen-bond acceptors (Lipinski definition) is 6. The Bertz CT molecular complexity index is 904. The molecule has 2 aromatic carbocycles. The standard InChI is InChI=1S/C21H23BrFN3O4/c1-28-19-10-16(12-24-25-21(27)13-26-5-7-29-8-6-26)18(22)11-20(19)30-14-15-3-2-4-17(23)9-15/h2-4,9-12H,5-8,13-14H2,1H3,(H,25,27)/b24-12+. The van der Waals surface area contributed by atoms with Gasteiger partial charge in [0.15, 0.2) is 11.5 Å². The molecule has 160 valence electrons. The number of benzene rings is 2. The van der Waals surface area contributed by atoms with Crippen molar-refractivity contribution in [2.75, 3.05) is 40.0 Å². The summed E-state index contributed by atoms with van der Waals surface area (Å²) in [5.74, 6) is 0.496. The minimum Gasteiger partial charge on any atom is -0.493 e. The number of rotatable bonds is 8. The molecule has 0 saturated carbocycles. The number of carbonyl (C=O) groups excluding carboxylic acids is 1. The number of carbonyl (C=O) groups is 1. The van der Waals surface area contributed by atoms with Crippen LogP contribution in [0.2, 0.25) is 0 Å². The Hall–Kier alpha value is -2.49. The van der Waals surface area contributed by atoms with Gasteiger partial charge in [0.2, 0.25) is 0 Å². The summed E-state index contributed by atoms with van der Waals surface area (Å²) < 4.78 is 30.5. The van der Waals surface area contributed by atoms with Crippen molar-refractivity contribution in [1.29, 1.82) is 0 Å². The zero-order valence-electron chi connectivity index (χ0n) is 16.6. The lowest BCUT2D eigenvalue weighted by Crippen LogP contribution is -2.42. The Morgan fingerprint density at radius 3 is 2.83 bits per heavy atom. The Kier molecular flexibility index (Phi) is 8.18. The van der Waals surface area contributed by atoms with E-state index in [1.54, 1.807) is 24.3 Å². The van der Waals surface area contributed by atoms with Crippen LogP contribution in [0.25, 0.3) is 0 Å². The van der Waals surface area contributed by atoms with E-state index in [2.05, 4.69) is 26.5 Å². The summed E-state index contributed by atoms with van der Waals surface area (Å²) in [5, 5.41) is 4.03. The first-order valence-electron chi connectivity index (χ1n) is 9.42. The van der Waals surface area contributed by atoms with Crippen LogP contribution >= 0.6 is 15.9 Å². The van der Waals surface area contributed by atoms with Crippen molar-refractivity contribution in [2.45, 2.75) is 6.61 Å². The first kappa shape index (κ1) is 22.2. The maximum absolute atomic E-state index is 13.3. The van der Waals surface area contributed by atoms with Crippen LogP contribution in [-0.4, -0.2) is 57.0 Å². The van der Waals surface area contributed by atoms with Gasteiger partial charge in [-0.2, -0.15) is 5.10 Å². The number of morpholine rings is 1. The van der Waals surface area contributed by atoms with Crippen molar-refractivity contribution in [1.82, 2.24) is 10.3 Å². The van der Waals surface area contributed by atoms with Crippen molar-refractivity contribution in [2.24, 2.45) is 5.10 Å². The zero-order valence-corrected chi connectivity index (χ0v) is 18.2. The molecule has 0 bridgehead atoms. The number of nitrogens with zero attached hydrogens (tertiary/aromatic N) is 2. The molecule has 2 aromatic rings. The first-order chi connectivity index (χ1) is 14.5. The van der Waals surface area contributed by atoms with Gasteiger partial charge >= 0.3 is 0 Å². The molecule has 1 fully saturated rings. The molecule has 1 N–H and O–H groups in total. The lowest BCUT2D eigenvalue weighted by Gasteiger charge is -2.25. The number of halogens is 2. The molecule has 7 nitrogen and oxygen atoms in total. The smallest absolute Gasteiger partial charge is 0.254 e. The average molecular weight is 480 g/mol. The summed E-state index contributed by atoms with van der Waals surface area (Å²) in [5.41, 5.74) is 3.94. The second-order valence-corrected chi connectivity index (χ2v) is 7.48. The fraction of sp³-hybridized carbons (Fsp3) is 0.333. The molecule has 0 aromatic heterocycles. The van der Waals surface area contributed by atoms with E-state index in [0.717, 1.165) is 13.1 Å². The predicted octanol–water partition coefficient (Wildman–Crippen LogP) is 2.96. The van der Waals surface area contributed by atoms with Crippen LogP contribution in [0.3, 0.4) is 0 Å². The van der Waals surface area contributed by atoms with E-state index in [-0.39, 0.29) is 24.9 Å². The molecular formula is C21H23BrFN3O4. The van der Waals surface area contributed by atoms with Crippen LogP contribution in [0.5, 0.6) is 11.5 Å². The number of nitrogens with one attached hydrogen (secondary N) is 1. The van der Waals surface area contributed by atoms with E-state index < -0.39 is 0 Å². The molecule has 0 aliphatic carbocycles. The minimum atomic E-state index is -0.313. The van der Waals surface area contributed by atoms with Crippen molar-refractivity contribution >= 4 is 28.1 Å². The van der Waals surface area contributed by atoms with Gasteiger partial charge in [-0.25, -0.2) is 9.82 Å². The number of methoxy groups -OCH3 is 1. The predicted molar refractivity (Wildman–Crippen MR) is 114 cm³/mol. The van der Waals surface area contributed by atoms with Gasteiger partial charge in [0.25, 0.3) is 5.91 Å². The molecule has 1 amide bonds. The Labute approximate surface area is 182 Å². The molecule has 0 unspecified atom stereocenters. The van der Waals surface area contributed by atoms with Crippen LogP contribution in [0.4, 0.5) is 4.39 Å². The molecule has 0 radical (unpaired) electrons. The van der Waals surface area contributed by atoms with E-state index in [1.807, 2.05) is 4.90 Å². The second kappa shape index (κ2) is 11.1. The van der Waals surface area contributed by atoms with E-state index >= 15 is 0 Å². The van der Waals surface area contributed by atoms with Crippen LogP contribution in [0.1, 0.15) is 11.1 Å². The quantitative estimate of drug-likeness (QED) is 0.465. The monoisotopic (exact) mass is 479 g/mol. The Morgan fingerprint density at radius 1 is 1.30 bits per heavy atom. The third kappa shape index (κ3) is 6.51. The Morgan fingerprint density at radius 2 is 2.10 bits per heavy atom. The highest BCUT2D eigenvalue weighted by Crippen LogP contribution is 2.33. The van der Waals surface area contributed by atoms with E-state index in [0.29, 0.717) is 40.3 Å². The van der Waals surface area contributed by atoms with Gasteiger partial charge in [-0.1, -0.05) is 12.1 Å². The molecule has 0 atom stereocenters. The normalized spacial score (nSPS) is 14.6. The lowest BCUT2D eigenvalue weighted by atomic mass is 10.2. The summed E-state index contributed by atoms with van der Waals surface area (Å²) >= 11 is 3.47. The zero-order chi connectivity index (χ0) is 21.3. The fourth-order valence-electron chi connectivity index (χ4n) is 2.88. The first-order valence-corrected chi connectivity index (χ1v) is 10.2. The van der Waals surface area contributed by atoms with Crippen molar-refractivity contribution in [3.05, 3.63) is 57.8 Å². The van der Waals surface area contributed by atoms with Gasteiger partial charge in [0, 0.05) is 23.1 Å². The highest BCUT2D eigenvalue weighted by Gasteiger charge is 2.14. The van der Waals surface area contributed by atoms with Gasteiger partial charge < -0.3 is 14.2 Å². The highest BCUT2D eigenvalue weighted by molar-refractivity contribution is 9.10. The van der Waals surface area contributed by atoms with Gasteiger partial charge in [-0.3, -0.25) is 9.69 Å². The third-order valence-electron chi connectivity index (χ3n) is 4.43. The number of hydrazone groups is 1. The van der Waals surface area contributed by atoms with Gasteiger partial charge in [0.05, 0.1) is 33.1 Å². The molecule has 1 heterocycles. The minimum absolute atomic E-state index is 0.189. The molecule has 30 heavy (non-hydrogen) atoms. The van der Waals surface area contributed by atoms with Gasteiger partial charge in [-0.15, -0.1) is 0 Å². The number of ether oxygens (including phenoxy) is 3. The van der Waals surface area contributed by atoms with Crippen molar-refractivity contribution in [3.8, 4) is 11.5 Å². The molecular weight excluding hydrogens is 457 g/mol. The Balaban J connectivity index is 1.59. The largest absolute Gasteiger partial charge is 0.493 e. The van der Waals surface area contributed by atoms with E-state index in [9.17, 15) is 9.18 Å². The fourth-order valence-corrected chi connectivity index (χ4v) is 3.31. The summed E-state index contributed by atoms with van der Waals surface area (Å²) in [4.78, 5) is 14.0. The lowest BCUT2D eigenvalue weighted by molar-refractivity contribution is -0.123. The molecule has 1 aliphatic heterocycles. The summed E-state index contributed by atoms with van der Waals surface area (Å²) in [6.45, 7) is 3.21. The van der Waals surface area contributed by atoms with Gasteiger partial charge in [0.1, 0.15) is 12.4 Å². The molecule has 9 heteroatoms. The van der Waals surface area contributed by atoms with Crippen molar-refractivity contribution < 1.29 is 23.4 Å². The summed E-state index contributed by atoms with van der Waals surface area (Å²) in [6.07, 6.45) is 1.53. The van der Waals surface area contributed by atoms with Crippen LogP contribution in [-0.2, 0) is 16.1 Å². The maximum Gasteiger partial charge on any atom is 0.254 e. The molecule has 0 spiro atoms. The summed E-state index contributed by atoms with van der Waals surface area (Å²) in [6, 6.07) is 9.70. The molecule has 1 aliphatic rings. The van der Waals surface area contributed by atoms with Crippen molar-refractivity contribution in [3.63, 3.8) is 0 Å². The summed E-state index contributed by atoms with van der Waals surface area (Å²) in [7, 11) is 1.53. The number of hydrogen-bond donors (Lipinski definition) is 1. The third-order valence-corrected chi connectivity index (χ3v) is 5.12. The molecule has 3 rings (SSSR count). The topological polar surface area (TPSA) is 72.4 Å². The maximum atomic E-state index is 13.3.